The van der Waals surface area contributed by atoms with Gasteiger partial charge in [-0.2, -0.15) is 0 Å². The summed E-state index contributed by atoms with van der Waals surface area (Å²) in [4.78, 5) is 23.8. The van der Waals surface area contributed by atoms with E-state index in [0.717, 1.165) is 0 Å². The minimum absolute atomic E-state index is 0.0250. The number of ether oxygens (including phenoxy) is 1. The van der Waals surface area contributed by atoms with Crippen LogP contribution in [0.1, 0.15) is 10.4 Å². The van der Waals surface area contributed by atoms with E-state index in [0.29, 0.717) is 12.2 Å². The number of terminal acetylenes is 1. The molecular weight excluding hydrogens is 222 g/mol. The lowest BCUT2D eigenvalue weighted by Gasteiger charge is -2.28. The molecule has 1 aromatic carbocycles. The van der Waals surface area contributed by atoms with Crippen molar-refractivity contribution in [1.29, 1.82) is 0 Å². The molecule has 5 nitrogen and oxygen atoms in total. The Morgan fingerprint density at radius 1 is 1.47 bits per heavy atom. The van der Waals surface area contributed by atoms with E-state index in [1.54, 1.807) is 12.1 Å². The molecule has 0 unspecified atom stereocenters. The predicted molar refractivity (Wildman–Crippen MR) is 60.1 cm³/mol. The van der Waals surface area contributed by atoms with Crippen molar-refractivity contribution in [2.45, 2.75) is 0 Å². The number of hydrogen-bond donors (Lipinski definition) is 1. The van der Waals surface area contributed by atoms with E-state index in [4.69, 9.17) is 16.3 Å². The van der Waals surface area contributed by atoms with Gasteiger partial charge in [0.2, 0.25) is 0 Å². The van der Waals surface area contributed by atoms with Crippen molar-refractivity contribution in [3.05, 3.63) is 23.8 Å². The van der Waals surface area contributed by atoms with Gasteiger partial charge in [-0.15, -0.1) is 6.42 Å². The van der Waals surface area contributed by atoms with Crippen molar-refractivity contribution in [3.63, 3.8) is 0 Å². The van der Waals surface area contributed by atoms with Gasteiger partial charge < -0.3 is 9.84 Å². The van der Waals surface area contributed by atoms with Gasteiger partial charge in [-0.05, 0) is 18.1 Å². The van der Waals surface area contributed by atoms with E-state index in [9.17, 15) is 9.59 Å². The molecule has 1 aliphatic rings. The Morgan fingerprint density at radius 2 is 2.24 bits per heavy atom. The van der Waals surface area contributed by atoms with Crippen LogP contribution in [0.15, 0.2) is 18.2 Å². The molecule has 0 saturated heterocycles. The lowest BCUT2D eigenvalue weighted by atomic mass is 10.1. The zero-order valence-corrected chi connectivity index (χ0v) is 8.84. The van der Waals surface area contributed by atoms with Crippen molar-refractivity contribution >= 4 is 17.6 Å². The van der Waals surface area contributed by atoms with Gasteiger partial charge in [-0.25, -0.2) is 4.79 Å². The van der Waals surface area contributed by atoms with Gasteiger partial charge in [0.05, 0.1) is 12.2 Å². The highest BCUT2D eigenvalue weighted by atomic mass is 16.5. The van der Waals surface area contributed by atoms with Crippen LogP contribution in [-0.2, 0) is 4.79 Å². The van der Waals surface area contributed by atoms with Gasteiger partial charge in [-0.1, -0.05) is 6.07 Å². The normalized spacial score (nSPS) is 13.2. The van der Waals surface area contributed by atoms with Crippen molar-refractivity contribution in [2.75, 3.05) is 18.1 Å². The number of carbonyl (C=O) groups excluding carboxylic acids is 1. The maximum absolute atomic E-state index is 11.5. The summed E-state index contributed by atoms with van der Waals surface area (Å²) in [5, 5.41) is 9.00. The molecule has 0 radical (unpaired) electrons. The maximum atomic E-state index is 11.5. The van der Waals surface area contributed by atoms with Crippen LogP contribution in [0.25, 0.3) is 0 Å². The second-order valence-electron chi connectivity index (χ2n) is 3.41. The van der Waals surface area contributed by atoms with Crippen LogP contribution in [0.4, 0.5) is 5.69 Å². The van der Waals surface area contributed by atoms with Crippen LogP contribution in [0.3, 0.4) is 0 Å². The largest absolute Gasteiger partial charge is 0.489 e. The maximum Gasteiger partial charge on any atom is 0.339 e. The summed E-state index contributed by atoms with van der Waals surface area (Å²) < 4.78 is 5.30. The van der Waals surface area contributed by atoms with Crippen molar-refractivity contribution in [1.82, 2.24) is 0 Å². The minimum atomic E-state index is -1.10. The predicted octanol–water partition coefficient (Wildman–Crippen LogP) is 0.743. The van der Waals surface area contributed by atoms with E-state index >= 15 is 0 Å². The van der Waals surface area contributed by atoms with E-state index in [-0.39, 0.29) is 17.9 Å². The fourth-order valence-corrected chi connectivity index (χ4v) is 1.71. The van der Waals surface area contributed by atoms with Crippen LogP contribution < -0.4 is 9.64 Å². The minimum Gasteiger partial charge on any atom is -0.489 e. The molecule has 17 heavy (non-hydrogen) atoms. The molecule has 1 amide bonds. The third-order valence-corrected chi connectivity index (χ3v) is 2.45. The van der Waals surface area contributed by atoms with Crippen LogP contribution >= 0.6 is 0 Å². The monoisotopic (exact) mass is 231 g/mol. The van der Waals surface area contributed by atoms with E-state index in [1.165, 1.54) is 11.0 Å². The summed E-state index contributed by atoms with van der Waals surface area (Å²) in [7, 11) is 0. The first-order valence-electron chi connectivity index (χ1n) is 4.92. The van der Waals surface area contributed by atoms with Gasteiger partial charge in [0, 0.05) is 0 Å². The first kappa shape index (κ1) is 11.0. The molecule has 0 atom stereocenters. The molecule has 0 bridgehead atoms. The molecule has 1 N–H and O–H groups in total. The number of aromatic carboxylic acids is 1. The number of anilines is 1. The molecule has 0 aromatic heterocycles. The first-order valence-corrected chi connectivity index (χ1v) is 4.92. The van der Waals surface area contributed by atoms with Gasteiger partial charge in [-0.3, -0.25) is 9.69 Å². The zero-order valence-electron chi connectivity index (χ0n) is 8.84. The second-order valence-corrected chi connectivity index (χ2v) is 3.41. The molecule has 0 aliphatic carbocycles. The third kappa shape index (κ3) is 1.81. The van der Waals surface area contributed by atoms with Gasteiger partial charge in [0.15, 0.2) is 5.75 Å². The number of amides is 1. The van der Waals surface area contributed by atoms with Crippen LogP contribution in [0.5, 0.6) is 5.75 Å². The highest BCUT2D eigenvalue weighted by molar-refractivity contribution is 6.07. The summed E-state index contributed by atoms with van der Waals surface area (Å²) >= 11 is 0. The molecular formula is C12H9NO4. The summed E-state index contributed by atoms with van der Waals surface area (Å²) in [6.45, 7) is 0.545. The van der Waals surface area contributed by atoms with E-state index in [1.807, 2.05) is 5.92 Å². The second kappa shape index (κ2) is 4.18. The lowest BCUT2D eigenvalue weighted by molar-refractivity contribution is -0.113. The Labute approximate surface area is 97.6 Å². The van der Waals surface area contributed by atoms with Crippen molar-refractivity contribution in [3.8, 4) is 18.1 Å². The summed E-state index contributed by atoms with van der Waals surface area (Å²) in [5.41, 5.74) is 0.427. The third-order valence-electron chi connectivity index (χ3n) is 2.45. The Balaban J connectivity index is 2.54. The number of carboxylic acids is 1. The molecule has 1 heterocycles. The summed E-state index contributed by atoms with van der Waals surface area (Å²) in [5.74, 6) is 0.595. The number of nitrogens with zero attached hydrogens (tertiary/aromatic N) is 1. The SMILES string of the molecule is C#CC(=O)N1CCOc2c(C(=O)O)cccc21. The molecule has 86 valence electrons. The average molecular weight is 231 g/mol. The summed E-state index contributed by atoms with van der Waals surface area (Å²) in [6.07, 6.45) is 5.06. The number of fused-ring (bicyclic) bond motifs is 1. The fourth-order valence-electron chi connectivity index (χ4n) is 1.71. The topological polar surface area (TPSA) is 66.8 Å². The van der Waals surface area contributed by atoms with Crippen LogP contribution in [0.2, 0.25) is 0 Å². The number of hydrogen-bond acceptors (Lipinski definition) is 3. The van der Waals surface area contributed by atoms with Crippen molar-refractivity contribution in [2.24, 2.45) is 0 Å². The van der Waals surface area contributed by atoms with Crippen molar-refractivity contribution < 1.29 is 19.4 Å². The molecule has 1 aliphatic heterocycles. The molecule has 0 spiro atoms. The standard InChI is InChI=1S/C12H9NO4/c1-2-10(14)13-6-7-17-11-8(12(15)16)4-3-5-9(11)13/h1,3-5H,6-7H2,(H,15,16). The number of benzene rings is 1. The molecule has 5 heteroatoms. The van der Waals surface area contributed by atoms with Crippen LogP contribution in [-0.4, -0.2) is 30.1 Å². The van der Waals surface area contributed by atoms with Gasteiger partial charge in [0.1, 0.15) is 12.2 Å². The molecule has 0 saturated carbocycles. The lowest BCUT2D eigenvalue weighted by Crippen LogP contribution is -2.37. The Bertz CT molecular complexity index is 530. The van der Waals surface area contributed by atoms with E-state index < -0.39 is 11.9 Å². The zero-order chi connectivity index (χ0) is 12.4. The number of rotatable bonds is 1. The summed E-state index contributed by atoms with van der Waals surface area (Å²) in [6, 6.07) is 4.58. The Kier molecular flexibility index (Phi) is 2.71. The van der Waals surface area contributed by atoms with E-state index in [2.05, 4.69) is 0 Å². The number of para-hydroxylation sites is 1. The van der Waals surface area contributed by atoms with Gasteiger partial charge >= 0.3 is 11.9 Å². The number of carbonyl (C=O) groups is 2. The molecule has 1 aromatic rings. The molecule has 0 fully saturated rings. The Morgan fingerprint density at radius 3 is 2.88 bits per heavy atom. The fraction of sp³-hybridized carbons (Fsp3) is 0.167. The van der Waals surface area contributed by atoms with Crippen LogP contribution in [0, 0.1) is 12.3 Å². The molecule has 2 rings (SSSR count). The Hall–Kier alpha value is -2.48. The van der Waals surface area contributed by atoms with Gasteiger partial charge in [0.25, 0.3) is 0 Å². The average Bonchev–Trinajstić information content (AvgIpc) is 2.36. The number of carboxylic acid groups (broad SMARTS) is 1. The highest BCUT2D eigenvalue weighted by Gasteiger charge is 2.26. The highest BCUT2D eigenvalue weighted by Crippen LogP contribution is 2.34. The first-order chi connectivity index (χ1) is 8.15. The quantitative estimate of drug-likeness (QED) is 0.724. The smallest absolute Gasteiger partial charge is 0.339 e.